The van der Waals surface area contributed by atoms with Crippen molar-refractivity contribution in [3.8, 4) is 0 Å². The first-order valence-corrected chi connectivity index (χ1v) is 16.2. The van der Waals surface area contributed by atoms with E-state index < -0.39 is 18.2 Å². The molecular weight excluding hydrogens is 515 g/mol. The zero-order valence-electron chi connectivity index (χ0n) is 18.2. The van der Waals surface area contributed by atoms with E-state index in [0.29, 0.717) is 4.90 Å². The maximum Gasteiger partial charge on any atom is 0.199 e. The van der Waals surface area contributed by atoms with E-state index in [0.717, 1.165) is 22.6 Å². The van der Waals surface area contributed by atoms with Gasteiger partial charge in [0.1, 0.15) is 0 Å². The predicted octanol–water partition coefficient (Wildman–Crippen LogP) is 5.84. The van der Waals surface area contributed by atoms with Crippen LogP contribution < -0.4 is 0 Å². The van der Waals surface area contributed by atoms with E-state index in [1.807, 2.05) is 6.07 Å². The lowest BCUT2D eigenvalue weighted by atomic mass is 9.83. The van der Waals surface area contributed by atoms with Gasteiger partial charge in [-0.2, -0.15) is 0 Å². The minimum atomic E-state index is -3.48. The molecule has 1 aromatic rings. The fraction of sp³-hybridized carbons (Fsp3) is 0.636. The zero-order chi connectivity index (χ0) is 21.7. The van der Waals surface area contributed by atoms with E-state index in [2.05, 4.69) is 57.2 Å². The molecule has 1 fully saturated rings. The van der Waals surface area contributed by atoms with Crippen molar-refractivity contribution in [1.29, 1.82) is 0 Å². The summed E-state index contributed by atoms with van der Waals surface area (Å²) in [6, 6.07) is 11.9. The number of hydrogen-bond donors (Lipinski definition) is 0. The molecule has 7 heteroatoms. The standard InChI is InChI=1S/C22H35IO4SSi/c1-6-29(7-2,8-3)27-22-17(4)20(26-21(16-23)18(22)5)14-15-28(24,25)19-12-10-9-11-13-19/h9-15,17-18,20-22H,6-8,16H2,1-5H3/b15-14+/t17-,18?,20+,21-,22-/m1/s1. The van der Waals surface area contributed by atoms with Crippen molar-refractivity contribution in [2.45, 2.75) is 76.0 Å². The summed E-state index contributed by atoms with van der Waals surface area (Å²) in [6.07, 6.45) is 1.60. The third-order valence-electron chi connectivity index (χ3n) is 6.46. The van der Waals surface area contributed by atoms with Gasteiger partial charge in [-0.25, -0.2) is 8.42 Å². The fourth-order valence-corrected chi connectivity index (χ4v) is 9.17. The quantitative estimate of drug-likeness (QED) is 0.220. The Hall–Kier alpha value is -0.223. The maximum atomic E-state index is 12.7. The van der Waals surface area contributed by atoms with Crippen LogP contribution in [-0.4, -0.2) is 39.5 Å². The van der Waals surface area contributed by atoms with Crippen molar-refractivity contribution in [1.82, 2.24) is 0 Å². The normalized spacial score (nSPS) is 28.7. The van der Waals surface area contributed by atoms with Gasteiger partial charge in [-0.05, 0) is 36.3 Å². The topological polar surface area (TPSA) is 52.6 Å². The lowest BCUT2D eigenvalue weighted by Crippen LogP contribution is -2.54. The molecule has 0 amide bonds. The van der Waals surface area contributed by atoms with E-state index in [-0.39, 0.29) is 30.1 Å². The van der Waals surface area contributed by atoms with Gasteiger partial charge in [-0.1, -0.05) is 75.4 Å². The molecule has 5 atom stereocenters. The Labute approximate surface area is 191 Å². The molecule has 1 aromatic carbocycles. The van der Waals surface area contributed by atoms with E-state index in [9.17, 15) is 8.42 Å². The molecule has 29 heavy (non-hydrogen) atoms. The highest BCUT2D eigenvalue weighted by Crippen LogP contribution is 2.38. The molecule has 0 radical (unpaired) electrons. The average molecular weight is 551 g/mol. The zero-order valence-corrected chi connectivity index (χ0v) is 22.1. The van der Waals surface area contributed by atoms with Crippen LogP contribution in [0.15, 0.2) is 46.7 Å². The van der Waals surface area contributed by atoms with Crippen LogP contribution in [0.1, 0.15) is 34.6 Å². The number of hydrogen-bond acceptors (Lipinski definition) is 4. The molecule has 0 aliphatic carbocycles. The second-order valence-corrected chi connectivity index (χ2v) is 15.5. The molecule has 0 N–H and O–H groups in total. The van der Waals surface area contributed by atoms with Crippen molar-refractivity contribution in [3.05, 3.63) is 41.8 Å². The molecule has 1 aliphatic heterocycles. The Balaban J connectivity index is 2.28. The summed E-state index contributed by atoms with van der Waals surface area (Å²) >= 11 is 2.36. The molecule has 0 bridgehead atoms. The predicted molar refractivity (Wildman–Crippen MR) is 131 cm³/mol. The van der Waals surface area contributed by atoms with Gasteiger partial charge >= 0.3 is 0 Å². The third-order valence-corrected chi connectivity index (χ3v) is 13.4. The van der Waals surface area contributed by atoms with Gasteiger partial charge in [0.2, 0.25) is 0 Å². The van der Waals surface area contributed by atoms with Crippen LogP contribution >= 0.6 is 22.6 Å². The van der Waals surface area contributed by atoms with E-state index >= 15 is 0 Å². The first-order valence-electron chi connectivity index (χ1n) is 10.6. The molecule has 164 valence electrons. The molecular formula is C22H35IO4SSi. The highest BCUT2D eigenvalue weighted by molar-refractivity contribution is 14.1. The molecule has 0 aromatic heterocycles. The largest absolute Gasteiger partial charge is 0.413 e. The Morgan fingerprint density at radius 2 is 1.66 bits per heavy atom. The minimum Gasteiger partial charge on any atom is -0.413 e. The number of sulfone groups is 1. The van der Waals surface area contributed by atoms with Crippen molar-refractivity contribution in [2.75, 3.05) is 4.43 Å². The molecule has 1 unspecified atom stereocenters. The highest BCUT2D eigenvalue weighted by Gasteiger charge is 2.44. The summed E-state index contributed by atoms with van der Waals surface area (Å²) in [6.45, 7) is 11.1. The SMILES string of the molecule is CC[Si](CC)(CC)O[C@H]1C(C)[C@@H](CI)O[C@@H](/C=C/S(=O)(=O)c2ccccc2)[C@H]1C. The van der Waals surface area contributed by atoms with Crippen molar-refractivity contribution >= 4 is 40.7 Å². The van der Waals surface area contributed by atoms with Crippen LogP contribution in [0.4, 0.5) is 0 Å². The van der Waals surface area contributed by atoms with Crippen molar-refractivity contribution in [2.24, 2.45) is 11.8 Å². The van der Waals surface area contributed by atoms with Crippen LogP contribution in [0.5, 0.6) is 0 Å². The second-order valence-electron chi connectivity index (χ2n) is 8.02. The van der Waals surface area contributed by atoms with Crippen LogP contribution in [0, 0.1) is 11.8 Å². The Morgan fingerprint density at radius 3 is 2.17 bits per heavy atom. The van der Waals surface area contributed by atoms with E-state index in [1.165, 1.54) is 5.41 Å². The van der Waals surface area contributed by atoms with E-state index in [4.69, 9.17) is 9.16 Å². The summed E-state index contributed by atoms with van der Waals surface area (Å²) in [5.74, 6) is 0.386. The first kappa shape index (κ1) is 25.0. The molecule has 1 saturated heterocycles. The van der Waals surface area contributed by atoms with Gasteiger partial charge in [0.15, 0.2) is 18.2 Å². The summed E-state index contributed by atoms with van der Waals surface area (Å²) in [4.78, 5) is 0.306. The molecule has 1 heterocycles. The number of ether oxygens (including phenoxy) is 1. The van der Waals surface area contributed by atoms with Crippen molar-refractivity contribution < 1.29 is 17.6 Å². The van der Waals surface area contributed by atoms with Gasteiger partial charge < -0.3 is 9.16 Å². The average Bonchev–Trinajstić information content (AvgIpc) is 2.74. The number of rotatable bonds is 9. The molecule has 1 aliphatic rings. The highest BCUT2D eigenvalue weighted by atomic mass is 127. The van der Waals surface area contributed by atoms with Crippen LogP contribution in [0.25, 0.3) is 0 Å². The Morgan fingerprint density at radius 1 is 1.07 bits per heavy atom. The summed E-state index contributed by atoms with van der Waals surface area (Å²) in [7, 11) is -5.25. The first-order chi connectivity index (χ1) is 13.7. The number of benzene rings is 1. The fourth-order valence-electron chi connectivity index (χ4n) is 4.10. The number of halogens is 1. The van der Waals surface area contributed by atoms with E-state index in [1.54, 1.807) is 30.3 Å². The second kappa shape index (κ2) is 10.9. The summed E-state index contributed by atoms with van der Waals surface area (Å²) in [5.41, 5.74) is 0. The van der Waals surface area contributed by atoms with Gasteiger partial charge in [0, 0.05) is 21.7 Å². The van der Waals surface area contributed by atoms with Gasteiger partial charge in [-0.3, -0.25) is 0 Å². The summed E-state index contributed by atoms with van der Waals surface area (Å²) < 4.78 is 39.4. The maximum absolute atomic E-state index is 12.7. The lowest BCUT2D eigenvalue weighted by molar-refractivity contribution is -0.131. The van der Waals surface area contributed by atoms with Crippen LogP contribution in [-0.2, 0) is 19.0 Å². The Bertz CT molecular complexity index is 756. The molecule has 2 rings (SSSR count). The molecule has 0 saturated carbocycles. The van der Waals surface area contributed by atoms with Crippen LogP contribution in [0.3, 0.4) is 0 Å². The van der Waals surface area contributed by atoms with Gasteiger partial charge in [0.25, 0.3) is 0 Å². The smallest absolute Gasteiger partial charge is 0.199 e. The number of alkyl halides is 1. The summed E-state index contributed by atoms with van der Waals surface area (Å²) in [5, 5.41) is 1.31. The lowest BCUT2D eigenvalue weighted by Gasteiger charge is -2.47. The van der Waals surface area contributed by atoms with Crippen LogP contribution in [0.2, 0.25) is 18.1 Å². The molecule has 4 nitrogen and oxygen atoms in total. The minimum absolute atomic E-state index is 0.0585. The van der Waals surface area contributed by atoms with Gasteiger partial charge in [-0.15, -0.1) is 0 Å². The third kappa shape index (κ3) is 5.93. The van der Waals surface area contributed by atoms with Crippen molar-refractivity contribution in [3.63, 3.8) is 0 Å². The molecule has 0 spiro atoms. The van der Waals surface area contributed by atoms with Gasteiger partial charge in [0.05, 0.1) is 23.2 Å². The monoisotopic (exact) mass is 550 g/mol. The Kier molecular flexibility index (Phi) is 9.40.